The Hall–Kier alpha value is -1.40. The van der Waals surface area contributed by atoms with Crippen LogP contribution in [0.3, 0.4) is 0 Å². The highest BCUT2D eigenvalue weighted by Gasteiger charge is 2.63. The number of aliphatic hydroxyl groups is 6. The van der Waals surface area contributed by atoms with Gasteiger partial charge in [-0.15, -0.1) is 0 Å². The molecule has 2 saturated carbocycles. The third kappa shape index (κ3) is 5.43. The molecule has 0 radical (unpaired) electrons. The van der Waals surface area contributed by atoms with Gasteiger partial charge in [-0.3, -0.25) is 0 Å². The maximum absolute atomic E-state index is 10.9. The molecule has 2 heterocycles. The Labute approximate surface area is 292 Å². The topological polar surface area (TPSA) is 171 Å². The van der Waals surface area contributed by atoms with Gasteiger partial charge >= 0.3 is 0 Å². The maximum Gasteiger partial charge on any atom is 0.203 e. The van der Waals surface area contributed by atoms with Crippen molar-refractivity contribution in [2.45, 2.75) is 130 Å². The van der Waals surface area contributed by atoms with Crippen LogP contribution in [-0.2, 0) is 9.47 Å². The molecule has 49 heavy (non-hydrogen) atoms. The van der Waals surface area contributed by atoms with Gasteiger partial charge in [0.1, 0.15) is 12.2 Å². The van der Waals surface area contributed by atoms with Crippen LogP contribution in [0.5, 0.6) is 0 Å². The van der Waals surface area contributed by atoms with E-state index in [1.165, 1.54) is 33.4 Å². The summed E-state index contributed by atoms with van der Waals surface area (Å²) in [6.45, 7) is 14.3. The van der Waals surface area contributed by atoms with E-state index in [1.54, 1.807) is 0 Å². The van der Waals surface area contributed by atoms with Crippen LogP contribution in [0.2, 0.25) is 0 Å². The van der Waals surface area contributed by atoms with Crippen LogP contribution in [0.1, 0.15) is 106 Å². The molecule has 8 rings (SSSR count). The molecule has 0 amide bonds. The lowest BCUT2D eigenvalue weighted by Gasteiger charge is -2.37. The largest absolute Gasteiger partial charge is 0.412 e. The summed E-state index contributed by atoms with van der Waals surface area (Å²) < 4.78 is 11.5. The lowest BCUT2D eigenvalue weighted by Crippen LogP contribution is -2.44. The van der Waals surface area contributed by atoms with E-state index < -0.39 is 23.8 Å². The summed E-state index contributed by atoms with van der Waals surface area (Å²) in [5, 5.41) is 62.3. The van der Waals surface area contributed by atoms with Crippen molar-refractivity contribution >= 4 is 0 Å². The minimum atomic E-state index is -1.40. The Kier molecular flexibility index (Phi) is 9.85. The number of fused-ring (bicyclic) bond motifs is 2. The summed E-state index contributed by atoms with van der Waals surface area (Å²) in [7, 11) is 0. The highest BCUT2D eigenvalue weighted by Crippen LogP contribution is 2.62. The van der Waals surface area contributed by atoms with Gasteiger partial charge < -0.3 is 45.6 Å². The summed E-state index contributed by atoms with van der Waals surface area (Å²) in [4.78, 5) is 0. The first kappa shape index (κ1) is 37.4. The van der Waals surface area contributed by atoms with Gasteiger partial charge in [0.2, 0.25) is 11.6 Å². The van der Waals surface area contributed by atoms with Crippen molar-refractivity contribution in [3.63, 3.8) is 0 Å². The van der Waals surface area contributed by atoms with Crippen molar-refractivity contribution in [1.82, 2.24) is 0 Å². The average molecular weight is 687 g/mol. The summed E-state index contributed by atoms with van der Waals surface area (Å²) in [6.07, 6.45) is 8.39. The Morgan fingerprint density at radius 2 is 1.04 bits per heavy atom. The van der Waals surface area contributed by atoms with Gasteiger partial charge in [-0.2, -0.15) is 0 Å². The zero-order valence-corrected chi connectivity index (χ0v) is 30.5. The van der Waals surface area contributed by atoms with Gasteiger partial charge in [0.05, 0.1) is 13.2 Å². The molecule has 12 atom stereocenters. The second-order valence-electron chi connectivity index (χ2n) is 17.5. The van der Waals surface area contributed by atoms with Crippen molar-refractivity contribution in [3.8, 4) is 0 Å². The quantitative estimate of drug-likeness (QED) is 0.238. The number of allylic oxidation sites excluding steroid dienone is 2. The van der Waals surface area contributed by atoms with E-state index in [4.69, 9.17) is 9.47 Å². The number of hydrogen-bond donors (Lipinski definition) is 6. The first-order chi connectivity index (χ1) is 22.6. The molecule has 4 fully saturated rings. The van der Waals surface area contributed by atoms with Gasteiger partial charge in [-0.05, 0) is 112 Å². The Morgan fingerprint density at radius 3 is 1.39 bits per heavy atom. The molecular weight excluding hydrogens is 624 g/mol. The van der Waals surface area contributed by atoms with E-state index in [-0.39, 0.29) is 65.0 Å². The SMILES string of the molecule is CC1=C2C[C@@]3(C)CCC([C@@H](C)CO)=C3CC[C@@H]3CO[C@](O)([C@@H]1O)[C@H]23.CC1=C2C[C@@]3(C)CCC([C@@H](C)CO)=C3CC[C@@H]3CO[C@](O)([C@@H]1O)[C@H]23.O. The number of rotatable bonds is 4. The van der Waals surface area contributed by atoms with Crippen LogP contribution in [0.15, 0.2) is 44.6 Å². The van der Waals surface area contributed by atoms with E-state index in [9.17, 15) is 30.6 Å². The first-order valence-electron chi connectivity index (χ1n) is 18.8. The molecule has 9 heteroatoms. The fourth-order valence-electron chi connectivity index (χ4n) is 11.9. The predicted molar refractivity (Wildman–Crippen MR) is 186 cm³/mol. The van der Waals surface area contributed by atoms with Gasteiger partial charge in [-0.1, -0.05) is 61.1 Å². The molecule has 0 aromatic rings. The number of ether oxygens (including phenoxy) is 2. The summed E-state index contributed by atoms with van der Waals surface area (Å²) in [5.41, 5.74) is 10.4. The lowest BCUT2D eigenvalue weighted by atomic mass is 9.67. The van der Waals surface area contributed by atoms with Gasteiger partial charge in [0, 0.05) is 36.9 Å². The minimum absolute atomic E-state index is 0. The van der Waals surface area contributed by atoms with E-state index in [0.717, 1.165) is 75.4 Å². The second-order valence-corrected chi connectivity index (χ2v) is 17.5. The molecule has 0 aromatic carbocycles. The molecule has 2 aliphatic heterocycles. The Bertz CT molecular complexity index is 1350. The van der Waals surface area contributed by atoms with Crippen LogP contribution < -0.4 is 0 Å². The van der Waals surface area contributed by atoms with E-state index in [2.05, 4.69) is 27.7 Å². The second kappa shape index (κ2) is 12.9. The number of aliphatic hydroxyl groups excluding tert-OH is 4. The molecule has 0 spiro atoms. The lowest BCUT2D eigenvalue weighted by molar-refractivity contribution is -0.228. The zero-order chi connectivity index (χ0) is 34.6. The van der Waals surface area contributed by atoms with Crippen molar-refractivity contribution in [3.05, 3.63) is 44.6 Å². The minimum Gasteiger partial charge on any atom is -0.412 e. The maximum atomic E-state index is 10.9. The summed E-state index contributed by atoms with van der Waals surface area (Å²) in [6, 6.07) is 0. The van der Waals surface area contributed by atoms with Gasteiger partial charge in [0.25, 0.3) is 0 Å². The fourth-order valence-corrected chi connectivity index (χ4v) is 11.9. The fraction of sp³-hybridized carbons (Fsp3) is 0.800. The summed E-state index contributed by atoms with van der Waals surface area (Å²) in [5.74, 6) is -1.88. The molecule has 6 aliphatic carbocycles. The van der Waals surface area contributed by atoms with Crippen LogP contribution in [0.25, 0.3) is 0 Å². The Balaban J connectivity index is 0.000000167. The smallest absolute Gasteiger partial charge is 0.203 e. The first-order valence-corrected chi connectivity index (χ1v) is 18.8. The summed E-state index contributed by atoms with van der Waals surface area (Å²) >= 11 is 0. The van der Waals surface area contributed by atoms with E-state index in [1.807, 2.05) is 13.8 Å². The average Bonchev–Trinajstić information content (AvgIpc) is 3.83. The molecule has 0 unspecified atom stereocenters. The molecule has 2 saturated heterocycles. The van der Waals surface area contributed by atoms with Crippen LogP contribution in [0, 0.1) is 46.3 Å². The standard InChI is InChI=1S/2C20H30O4.H2O/c2*1-11(9-21)14-6-7-19(3)8-15-12(2)18(22)20(23)17(15)13(10-24-20)4-5-16(14)19;/h2*11,13,17-18,21-23H,4-10H2,1-3H3;1H2/t2*11-,13+,17-,18+,19+,20-;/m00./s1. The molecule has 9 nitrogen and oxygen atoms in total. The molecule has 8 N–H and O–H groups in total. The molecular formula is C40H62O9. The zero-order valence-electron chi connectivity index (χ0n) is 30.5. The highest BCUT2D eigenvalue weighted by atomic mass is 16.6. The third-order valence-corrected chi connectivity index (χ3v) is 14.8. The normalized spacial score (nSPS) is 45.1. The van der Waals surface area contributed by atoms with Gasteiger partial charge in [0.15, 0.2) is 0 Å². The Morgan fingerprint density at radius 1 is 0.673 bits per heavy atom. The van der Waals surface area contributed by atoms with Crippen LogP contribution >= 0.6 is 0 Å². The van der Waals surface area contributed by atoms with Crippen molar-refractivity contribution in [1.29, 1.82) is 0 Å². The van der Waals surface area contributed by atoms with Crippen LogP contribution in [-0.4, -0.2) is 86.3 Å². The highest BCUT2D eigenvalue weighted by molar-refractivity contribution is 5.41. The van der Waals surface area contributed by atoms with Crippen molar-refractivity contribution in [2.75, 3.05) is 26.4 Å². The third-order valence-electron chi connectivity index (χ3n) is 14.8. The van der Waals surface area contributed by atoms with Crippen molar-refractivity contribution in [2.24, 2.45) is 46.3 Å². The molecule has 0 aromatic heterocycles. The molecule has 8 aliphatic rings. The molecule has 276 valence electrons. The predicted octanol–water partition coefficient (Wildman–Crippen LogP) is 4.25. The molecule has 0 bridgehead atoms. The van der Waals surface area contributed by atoms with Crippen LogP contribution in [0.4, 0.5) is 0 Å². The van der Waals surface area contributed by atoms with E-state index >= 15 is 0 Å². The monoisotopic (exact) mass is 686 g/mol. The van der Waals surface area contributed by atoms with E-state index in [0.29, 0.717) is 13.2 Å². The number of hydrogen-bond acceptors (Lipinski definition) is 8. The van der Waals surface area contributed by atoms with Gasteiger partial charge in [-0.25, -0.2) is 0 Å². The van der Waals surface area contributed by atoms with Crippen molar-refractivity contribution < 1.29 is 45.6 Å².